The molecule has 0 bridgehead atoms. The highest BCUT2D eigenvalue weighted by atomic mass is 15.3. The van der Waals surface area contributed by atoms with Gasteiger partial charge in [0.15, 0.2) is 0 Å². The molecular weight excluding hydrogens is 320 g/mol. The lowest BCUT2D eigenvalue weighted by atomic mass is 9.99. The highest BCUT2D eigenvalue weighted by molar-refractivity contribution is 5.95. The zero-order valence-corrected chi connectivity index (χ0v) is 15.2. The van der Waals surface area contributed by atoms with Gasteiger partial charge in [0.05, 0.1) is 0 Å². The Morgan fingerprint density at radius 2 is 1.92 bits per heavy atom. The third-order valence-corrected chi connectivity index (χ3v) is 5.99. The second kappa shape index (κ2) is 6.86. The van der Waals surface area contributed by atoms with Crippen LogP contribution in [0.25, 0.3) is 22.2 Å². The largest absolute Gasteiger partial charge is 0.341 e. The lowest BCUT2D eigenvalue weighted by Crippen LogP contribution is -2.54. The third kappa shape index (κ3) is 3.04. The predicted molar refractivity (Wildman–Crippen MR) is 106 cm³/mol. The zero-order valence-electron chi connectivity index (χ0n) is 15.2. The molecule has 0 radical (unpaired) electrons. The van der Waals surface area contributed by atoms with Crippen molar-refractivity contribution in [3.05, 3.63) is 54.4 Å². The van der Waals surface area contributed by atoms with Gasteiger partial charge in [0.2, 0.25) is 0 Å². The molecule has 5 rings (SSSR count). The number of nitrogens with zero attached hydrogens (tertiary/aromatic N) is 3. The molecule has 0 amide bonds. The van der Waals surface area contributed by atoms with Crippen molar-refractivity contribution in [1.29, 1.82) is 0 Å². The van der Waals surface area contributed by atoms with Gasteiger partial charge in [-0.3, -0.25) is 9.80 Å². The molecule has 2 aliphatic rings. The van der Waals surface area contributed by atoms with Crippen LogP contribution in [0.2, 0.25) is 0 Å². The molecule has 134 valence electrons. The van der Waals surface area contributed by atoms with Crippen molar-refractivity contribution in [2.24, 2.45) is 0 Å². The molecule has 1 aromatic heterocycles. The highest BCUT2D eigenvalue weighted by Crippen LogP contribution is 2.27. The molecule has 26 heavy (non-hydrogen) atoms. The van der Waals surface area contributed by atoms with Gasteiger partial charge in [0, 0.05) is 49.7 Å². The van der Waals surface area contributed by atoms with Crippen LogP contribution in [-0.2, 0) is 6.54 Å². The molecular formula is C22H26N4. The van der Waals surface area contributed by atoms with Gasteiger partial charge in [-0.1, -0.05) is 48.9 Å². The maximum Gasteiger partial charge on any atom is 0.138 e. The topological polar surface area (TPSA) is 35.2 Å². The average Bonchev–Trinajstić information content (AvgIpc) is 3.16. The molecule has 4 heteroatoms. The van der Waals surface area contributed by atoms with Gasteiger partial charge in [-0.05, 0) is 30.2 Å². The fraction of sp³-hybridized carbons (Fsp3) is 0.409. The fourth-order valence-electron chi connectivity index (χ4n) is 4.61. The number of piperidine rings is 1. The molecule has 0 spiro atoms. The Balaban J connectivity index is 1.34. The van der Waals surface area contributed by atoms with Gasteiger partial charge in [0.25, 0.3) is 0 Å². The van der Waals surface area contributed by atoms with Crippen LogP contribution in [0.5, 0.6) is 0 Å². The first-order valence-corrected chi connectivity index (χ1v) is 9.85. The lowest BCUT2D eigenvalue weighted by Gasteiger charge is -2.43. The first kappa shape index (κ1) is 16.0. The standard InChI is InChI=1S/C22H26N4/c1-2-9-20-17(6-1)7-5-10-21(20)22-23-14-18(24-22)15-25-12-13-26-11-4-3-8-19(26)16-25/h1-2,5-7,9-10,14,19H,3-4,8,11-13,15-16H2,(H,23,24). The molecule has 2 fully saturated rings. The summed E-state index contributed by atoms with van der Waals surface area (Å²) in [4.78, 5) is 13.5. The number of nitrogens with one attached hydrogen (secondary N) is 1. The van der Waals surface area contributed by atoms with E-state index in [2.05, 4.69) is 57.2 Å². The minimum absolute atomic E-state index is 0.762. The van der Waals surface area contributed by atoms with Crippen LogP contribution in [0.1, 0.15) is 25.0 Å². The first-order chi connectivity index (χ1) is 12.9. The van der Waals surface area contributed by atoms with Crippen molar-refractivity contribution in [3.63, 3.8) is 0 Å². The Hall–Kier alpha value is -2.17. The number of piperazine rings is 1. The maximum atomic E-state index is 4.69. The van der Waals surface area contributed by atoms with Crippen LogP contribution >= 0.6 is 0 Å². The molecule has 3 heterocycles. The van der Waals surface area contributed by atoms with E-state index in [-0.39, 0.29) is 0 Å². The van der Waals surface area contributed by atoms with E-state index in [4.69, 9.17) is 4.98 Å². The third-order valence-electron chi connectivity index (χ3n) is 5.99. The second-order valence-electron chi connectivity index (χ2n) is 7.70. The summed E-state index contributed by atoms with van der Waals surface area (Å²) >= 11 is 0. The summed E-state index contributed by atoms with van der Waals surface area (Å²) in [5.41, 5.74) is 2.41. The SMILES string of the molecule is c1ccc2c(-c3ncc(CN4CCN5CCCCC5C4)[nH]3)cccc2c1. The monoisotopic (exact) mass is 346 g/mol. The van der Waals surface area contributed by atoms with Gasteiger partial charge in [0.1, 0.15) is 5.82 Å². The summed E-state index contributed by atoms with van der Waals surface area (Å²) in [6.45, 7) is 5.85. The van der Waals surface area contributed by atoms with Crippen LogP contribution in [0, 0.1) is 0 Å². The van der Waals surface area contributed by atoms with Crippen LogP contribution < -0.4 is 0 Å². The summed E-state index contributed by atoms with van der Waals surface area (Å²) in [7, 11) is 0. The Morgan fingerprint density at radius 1 is 1.00 bits per heavy atom. The number of aromatic nitrogens is 2. The summed E-state index contributed by atoms with van der Waals surface area (Å²) < 4.78 is 0. The van der Waals surface area contributed by atoms with E-state index in [9.17, 15) is 0 Å². The molecule has 2 aliphatic heterocycles. The average molecular weight is 346 g/mol. The number of aromatic amines is 1. The summed E-state index contributed by atoms with van der Waals surface area (Å²) in [5, 5.41) is 2.52. The van der Waals surface area contributed by atoms with Crippen LogP contribution in [0.4, 0.5) is 0 Å². The van der Waals surface area contributed by atoms with E-state index in [1.165, 1.54) is 67.5 Å². The number of fused-ring (bicyclic) bond motifs is 2. The zero-order chi connectivity index (χ0) is 17.3. The van der Waals surface area contributed by atoms with E-state index >= 15 is 0 Å². The fourth-order valence-corrected chi connectivity index (χ4v) is 4.61. The van der Waals surface area contributed by atoms with E-state index in [1.807, 2.05) is 6.20 Å². The van der Waals surface area contributed by atoms with Crippen molar-refractivity contribution in [2.45, 2.75) is 31.8 Å². The summed E-state index contributed by atoms with van der Waals surface area (Å²) in [6.07, 6.45) is 6.15. The highest BCUT2D eigenvalue weighted by Gasteiger charge is 2.28. The quantitative estimate of drug-likeness (QED) is 0.781. The van der Waals surface area contributed by atoms with Crippen molar-refractivity contribution < 1.29 is 0 Å². The number of imidazole rings is 1. The van der Waals surface area contributed by atoms with Gasteiger partial charge in [-0.25, -0.2) is 4.98 Å². The molecule has 2 saturated heterocycles. The molecule has 1 atom stereocenters. The van der Waals surface area contributed by atoms with Crippen molar-refractivity contribution >= 4 is 10.8 Å². The van der Waals surface area contributed by atoms with E-state index in [0.717, 1.165) is 18.4 Å². The summed E-state index contributed by atoms with van der Waals surface area (Å²) in [5.74, 6) is 0.980. The van der Waals surface area contributed by atoms with Crippen LogP contribution in [0.3, 0.4) is 0 Å². The smallest absolute Gasteiger partial charge is 0.138 e. The Kier molecular flexibility index (Phi) is 4.23. The normalized spacial score (nSPS) is 21.8. The summed E-state index contributed by atoms with van der Waals surface area (Å²) in [6, 6.07) is 15.7. The number of hydrogen-bond donors (Lipinski definition) is 1. The van der Waals surface area contributed by atoms with Gasteiger partial charge in [-0.2, -0.15) is 0 Å². The predicted octanol–water partition coefficient (Wildman–Crippen LogP) is 3.90. The van der Waals surface area contributed by atoms with Gasteiger partial charge >= 0.3 is 0 Å². The molecule has 0 aliphatic carbocycles. The molecule has 1 N–H and O–H groups in total. The van der Waals surface area contributed by atoms with Crippen molar-refractivity contribution in [2.75, 3.05) is 26.2 Å². The van der Waals surface area contributed by atoms with Gasteiger partial charge < -0.3 is 4.98 Å². The Bertz CT molecular complexity index is 895. The molecule has 0 saturated carbocycles. The number of hydrogen-bond acceptors (Lipinski definition) is 3. The molecule has 1 unspecified atom stereocenters. The molecule has 4 nitrogen and oxygen atoms in total. The number of rotatable bonds is 3. The van der Waals surface area contributed by atoms with Crippen molar-refractivity contribution in [1.82, 2.24) is 19.8 Å². The Morgan fingerprint density at radius 3 is 2.92 bits per heavy atom. The van der Waals surface area contributed by atoms with E-state index in [0.29, 0.717) is 0 Å². The van der Waals surface area contributed by atoms with Crippen LogP contribution in [-0.4, -0.2) is 52.0 Å². The number of H-pyrrole nitrogens is 1. The van der Waals surface area contributed by atoms with Crippen molar-refractivity contribution in [3.8, 4) is 11.4 Å². The Labute approximate surface area is 154 Å². The lowest BCUT2D eigenvalue weighted by molar-refractivity contribution is 0.0452. The molecule has 2 aromatic carbocycles. The van der Waals surface area contributed by atoms with Crippen LogP contribution in [0.15, 0.2) is 48.7 Å². The second-order valence-corrected chi connectivity index (χ2v) is 7.70. The minimum atomic E-state index is 0.762. The minimum Gasteiger partial charge on any atom is -0.341 e. The van der Waals surface area contributed by atoms with E-state index in [1.54, 1.807) is 0 Å². The molecule has 3 aromatic rings. The van der Waals surface area contributed by atoms with Gasteiger partial charge in [-0.15, -0.1) is 0 Å². The van der Waals surface area contributed by atoms with E-state index < -0.39 is 0 Å². The number of benzene rings is 2. The maximum absolute atomic E-state index is 4.69. The first-order valence-electron chi connectivity index (χ1n) is 9.85.